The molecule has 1 saturated heterocycles. The fraction of sp³-hybridized carbons (Fsp3) is 0.500. The monoisotopic (exact) mass is 311 g/mol. The molecule has 1 amide bonds. The van der Waals surface area contributed by atoms with E-state index in [2.05, 4.69) is 0 Å². The van der Waals surface area contributed by atoms with E-state index in [1.54, 1.807) is 0 Å². The van der Waals surface area contributed by atoms with Crippen LogP contribution in [0.4, 0.5) is 5.69 Å². The van der Waals surface area contributed by atoms with Gasteiger partial charge in [0.1, 0.15) is 4.90 Å². The maximum absolute atomic E-state index is 12.7. The second kappa shape index (κ2) is 6.44. The van der Waals surface area contributed by atoms with E-state index in [9.17, 15) is 13.2 Å². The average molecular weight is 311 g/mol. The molecule has 2 rings (SSSR count). The van der Waals surface area contributed by atoms with Crippen molar-refractivity contribution >= 4 is 21.6 Å². The van der Waals surface area contributed by atoms with Crippen LogP contribution < -0.4 is 11.5 Å². The normalized spacial score (nSPS) is 17.9. The van der Waals surface area contributed by atoms with Crippen LogP contribution in [0.3, 0.4) is 0 Å². The van der Waals surface area contributed by atoms with Crippen molar-refractivity contribution in [1.82, 2.24) is 4.31 Å². The van der Waals surface area contributed by atoms with Crippen LogP contribution in [0, 0.1) is 0 Å². The molecule has 1 aliphatic heterocycles. The largest absolute Gasteiger partial charge is 0.398 e. The minimum absolute atomic E-state index is 0.0491. The first-order valence-electron chi connectivity index (χ1n) is 7.12. The summed E-state index contributed by atoms with van der Waals surface area (Å²) in [5, 5.41) is 0. The zero-order valence-corrected chi connectivity index (χ0v) is 12.7. The quantitative estimate of drug-likeness (QED) is 0.821. The number of carbonyl (C=O) groups excluding carboxylic acids is 1. The van der Waals surface area contributed by atoms with Gasteiger partial charge in [-0.1, -0.05) is 19.3 Å². The SMILES string of the molecule is NC(=O)c1ccc(S(=O)(=O)N2CCCCCCC2)c(N)c1. The van der Waals surface area contributed by atoms with Crippen molar-refractivity contribution in [2.24, 2.45) is 5.73 Å². The Bertz CT molecular complexity index is 620. The van der Waals surface area contributed by atoms with E-state index in [0.29, 0.717) is 13.1 Å². The summed E-state index contributed by atoms with van der Waals surface area (Å²) < 4.78 is 26.9. The molecule has 0 unspecified atom stereocenters. The van der Waals surface area contributed by atoms with Crippen molar-refractivity contribution in [3.05, 3.63) is 23.8 Å². The van der Waals surface area contributed by atoms with E-state index in [1.807, 2.05) is 0 Å². The molecule has 1 aromatic rings. The molecule has 116 valence electrons. The first-order chi connectivity index (χ1) is 9.93. The van der Waals surface area contributed by atoms with Gasteiger partial charge in [0.05, 0.1) is 5.69 Å². The lowest BCUT2D eigenvalue weighted by Gasteiger charge is -2.24. The van der Waals surface area contributed by atoms with Crippen LogP contribution >= 0.6 is 0 Å². The average Bonchev–Trinajstić information content (AvgIpc) is 2.37. The number of anilines is 1. The molecule has 0 aromatic heterocycles. The van der Waals surface area contributed by atoms with Gasteiger partial charge in [-0.25, -0.2) is 8.42 Å². The number of nitrogen functional groups attached to an aromatic ring is 1. The van der Waals surface area contributed by atoms with E-state index in [0.717, 1.165) is 32.1 Å². The minimum atomic E-state index is -3.62. The van der Waals surface area contributed by atoms with Gasteiger partial charge < -0.3 is 11.5 Å². The summed E-state index contributed by atoms with van der Waals surface area (Å²) in [4.78, 5) is 11.2. The topological polar surface area (TPSA) is 106 Å². The van der Waals surface area contributed by atoms with Crippen molar-refractivity contribution < 1.29 is 13.2 Å². The summed E-state index contributed by atoms with van der Waals surface area (Å²) in [5.41, 5.74) is 11.2. The van der Waals surface area contributed by atoms with Crippen LogP contribution in [0.25, 0.3) is 0 Å². The summed E-state index contributed by atoms with van der Waals surface area (Å²) in [6.07, 6.45) is 4.96. The van der Waals surface area contributed by atoms with Gasteiger partial charge in [0, 0.05) is 18.7 Å². The number of sulfonamides is 1. The zero-order chi connectivity index (χ0) is 15.5. The molecule has 7 heteroatoms. The summed E-state index contributed by atoms with van der Waals surface area (Å²) in [6.45, 7) is 1.03. The second-order valence-electron chi connectivity index (χ2n) is 5.29. The molecule has 1 fully saturated rings. The molecule has 6 nitrogen and oxygen atoms in total. The molecule has 0 radical (unpaired) electrons. The van der Waals surface area contributed by atoms with Gasteiger partial charge in [0.25, 0.3) is 0 Å². The van der Waals surface area contributed by atoms with E-state index in [1.165, 1.54) is 22.5 Å². The molecule has 1 aromatic carbocycles. The summed E-state index contributed by atoms with van der Waals surface area (Å²) in [7, 11) is -3.62. The molecular weight excluding hydrogens is 290 g/mol. The Morgan fingerprint density at radius 1 is 1.05 bits per heavy atom. The lowest BCUT2D eigenvalue weighted by molar-refractivity contribution is 0.1000. The first-order valence-corrected chi connectivity index (χ1v) is 8.56. The molecule has 0 spiro atoms. The molecule has 0 atom stereocenters. The fourth-order valence-electron chi connectivity index (χ4n) is 2.53. The van der Waals surface area contributed by atoms with Crippen LogP contribution in [-0.2, 0) is 10.0 Å². The highest BCUT2D eigenvalue weighted by molar-refractivity contribution is 7.89. The summed E-state index contributed by atoms with van der Waals surface area (Å²) in [5.74, 6) is -0.628. The molecular formula is C14H21N3O3S. The Labute approximate surface area is 125 Å². The predicted octanol–water partition coefficient (Wildman–Crippen LogP) is 1.32. The Kier molecular flexibility index (Phi) is 4.84. The van der Waals surface area contributed by atoms with Crippen LogP contribution in [-0.4, -0.2) is 31.7 Å². The van der Waals surface area contributed by atoms with Crippen molar-refractivity contribution in [3.63, 3.8) is 0 Å². The molecule has 0 bridgehead atoms. The van der Waals surface area contributed by atoms with Crippen LogP contribution in [0.5, 0.6) is 0 Å². The van der Waals surface area contributed by atoms with E-state index < -0.39 is 15.9 Å². The summed E-state index contributed by atoms with van der Waals surface area (Å²) in [6, 6.07) is 4.08. The molecule has 4 N–H and O–H groups in total. The number of nitrogens with zero attached hydrogens (tertiary/aromatic N) is 1. The van der Waals surface area contributed by atoms with Crippen LogP contribution in [0.1, 0.15) is 42.5 Å². The number of carbonyl (C=O) groups is 1. The number of benzene rings is 1. The lowest BCUT2D eigenvalue weighted by atomic mass is 10.1. The van der Waals surface area contributed by atoms with Gasteiger partial charge in [0.2, 0.25) is 15.9 Å². The van der Waals surface area contributed by atoms with Gasteiger partial charge in [-0.15, -0.1) is 0 Å². The van der Waals surface area contributed by atoms with E-state index in [-0.39, 0.29) is 16.1 Å². The van der Waals surface area contributed by atoms with Crippen LogP contribution in [0.2, 0.25) is 0 Å². The smallest absolute Gasteiger partial charge is 0.248 e. The number of rotatable bonds is 3. The lowest BCUT2D eigenvalue weighted by Crippen LogP contribution is -2.34. The number of amides is 1. The number of hydrogen-bond acceptors (Lipinski definition) is 4. The van der Waals surface area contributed by atoms with Gasteiger partial charge in [-0.2, -0.15) is 4.31 Å². The Morgan fingerprint density at radius 2 is 1.62 bits per heavy atom. The number of nitrogens with two attached hydrogens (primary N) is 2. The first kappa shape index (κ1) is 15.8. The third-order valence-corrected chi connectivity index (χ3v) is 5.70. The second-order valence-corrected chi connectivity index (χ2v) is 7.20. The number of primary amides is 1. The fourth-order valence-corrected chi connectivity index (χ4v) is 4.15. The van der Waals surface area contributed by atoms with Crippen molar-refractivity contribution in [2.75, 3.05) is 18.8 Å². The van der Waals surface area contributed by atoms with Crippen LogP contribution in [0.15, 0.2) is 23.1 Å². The molecule has 0 saturated carbocycles. The standard InChI is InChI=1S/C14H21N3O3S/c15-12-10-11(14(16)18)6-7-13(12)21(19,20)17-8-4-2-1-3-5-9-17/h6-7,10H,1-5,8-9,15H2,(H2,16,18). The van der Waals surface area contributed by atoms with Crippen molar-refractivity contribution in [3.8, 4) is 0 Å². The highest BCUT2D eigenvalue weighted by atomic mass is 32.2. The number of hydrogen-bond donors (Lipinski definition) is 2. The summed E-state index contributed by atoms with van der Waals surface area (Å²) >= 11 is 0. The van der Waals surface area contributed by atoms with E-state index >= 15 is 0 Å². The highest BCUT2D eigenvalue weighted by Crippen LogP contribution is 2.25. The van der Waals surface area contributed by atoms with Gasteiger partial charge in [-0.05, 0) is 31.0 Å². The maximum atomic E-state index is 12.7. The Morgan fingerprint density at radius 3 is 2.14 bits per heavy atom. The zero-order valence-electron chi connectivity index (χ0n) is 11.9. The predicted molar refractivity (Wildman–Crippen MR) is 81.2 cm³/mol. The third-order valence-electron chi connectivity index (χ3n) is 3.73. The van der Waals surface area contributed by atoms with Gasteiger partial charge >= 0.3 is 0 Å². The Balaban J connectivity index is 2.31. The minimum Gasteiger partial charge on any atom is -0.398 e. The molecule has 1 aliphatic rings. The van der Waals surface area contributed by atoms with Gasteiger partial charge in [0.15, 0.2) is 0 Å². The Hall–Kier alpha value is -1.60. The maximum Gasteiger partial charge on any atom is 0.248 e. The molecule has 1 heterocycles. The molecule has 21 heavy (non-hydrogen) atoms. The van der Waals surface area contributed by atoms with E-state index in [4.69, 9.17) is 11.5 Å². The van der Waals surface area contributed by atoms with Crippen molar-refractivity contribution in [1.29, 1.82) is 0 Å². The molecule has 0 aliphatic carbocycles. The van der Waals surface area contributed by atoms with Crippen molar-refractivity contribution in [2.45, 2.75) is 37.0 Å². The third kappa shape index (κ3) is 3.54. The van der Waals surface area contributed by atoms with Gasteiger partial charge in [-0.3, -0.25) is 4.79 Å². The highest BCUT2D eigenvalue weighted by Gasteiger charge is 2.26.